The summed E-state index contributed by atoms with van der Waals surface area (Å²) < 4.78 is 26.4. The number of benzene rings is 2. The van der Waals surface area contributed by atoms with Gasteiger partial charge in [-0.15, -0.1) is 0 Å². The van der Waals surface area contributed by atoms with Gasteiger partial charge in [-0.05, 0) is 48.1 Å². The van der Waals surface area contributed by atoms with Crippen LogP contribution in [0.1, 0.15) is 29.9 Å². The molecule has 2 amide bonds. The first-order valence-corrected chi connectivity index (χ1v) is 10.7. The van der Waals surface area contributed by atoms with Crippen molar-refractivity contribution in [2.75, 3.05) is 13.1 Å². The van der Waals surface area contributed by atoms with Crippen molar-refractivity contribution in [3.8, 4) is 0 Å². The number of urea groups is 1. The Morgan fingerprint density at radius 1 is 1.04 bits per heavy atom. The molecular formula is C20H21ClN2O3S. The number of hydrogen-bond acceptors (Lipinski definition) is 3. The van der Waals surface area contributed by atoms with Crippen LogP contribution in [0.2, 0.25) is 5.02 Å². The summed E-state index contributed by atoms with van der Waals surface area (Å²) in [6, 6.07) is 16.3. The summed E-state index contributed by atoms with van der Waals surface area (Å²) in [5.41, 5.74) is 1.94. The van der Waals surface area contributed by atoms with Gasteiger partial charge in [0.2, 0.25) is 0 Å². The maximum atomic E-state index is 12.3. The molecule has 2 aromatic carbocycles. The molecule has 1 N–H and O–H groups in total. The van der Waals surface area contributed by atoms with Crippen LogP contribution in [-0.2, 0) is 10.0 Å². The van der Waals surface area contributed by atoms with E-state index in [1.165, 1.54) is 11.6 Å². The predicted molar refractivity (Wildman–Crippen MR) is 108 cm³/mol. The van der Waals surface area contributed by atoms with E-state index in [1.54, 1.807) is 29.2 Å². The minimum atomic E-state index is -3.86. The highest BCUT2D eigenvalue weighted by molar-refractivity contribution is 7.93. The number of likely N-dealkylation sites (tertiary alicyclic amines) is 1. The molecule has 27 heavy (non-hydrogen) atoms. The van der Waals surface area contributed by atoms with Crippen LogP contribution in [0, 0.1) is 0 Å². The van der Waals surface area contributed by atoms with Gasteiger partial charge in [0.05, 0.1) is 5.41 Å². The number of carbonyl (C=O) groups excluding carboxylic acids is 1. The van der Waals surface area contributed by atoms with Crippen LogP contribution >= 0.6 is 11.6 Å². The highest BCUT2D eigenvalue weighted by Gasteiger charge is 2.25. The topological polar surface area (TPSA) is 66.5 Å². The lowest BCUT2D eigenvalue weighted by atomic mass is 9.90. The molecule has 0 aromatic heterocycles. The van der Waals surface area contributed by atoms with Crippen LogP contribution in [0.25, 0.3) is 6.08 Å². The fourth-order valence-corrected chi connectivity index (χ4v) is 4.01. The smallest absolute Gasteiger partial charge is 0.324 e. The lowest BCUT2D eigenvalue weighted by molar-refractivity contribution is 0.187. The number of carbonyl (C=O) groups is 1. The minimum Gasteiger partial charge on any atom is -0.324 e. The summed E-state index contributed by atoms with van der Waals surface area (Å²) in [4.78, 5) is 13.8. The third-order valence-electron chi connectivity index (χ3n) is 4.59. The van der Waals surface area contributed by atoms with Gasteiger partial charge < -0.3 is 4.90 Å². The van der Waals surface area contributed by atoms with Crippen molar-refractivity contribution in [2.24, 2.45) is 0 Å². The fraction of sp³-hybridized carbons (Fsp3) is 0.250. The first-order valence-electron chi connectivity index (χ1n) is 8.73. The first-order chi connectivity index (χ1) is 12.9. The van der Waals surface area contributed by atoms with Crippen molar-refractivity contribution < 1.29 is 13.2 Å². The SMILES string of the molecule is O=C(NS(=O)(=O)/C=C/c1ccc(Cl)cc1)N1CCC(c2ccccc2)CC1. The third kappa shape index (κ3) is 5.58. The monoisotopic (exact) mass is 404 g/mol. The molecule has 1 aliphatic heterocycles. The molecule has 0 saturated carbocycles. The average Bonchev–Trinajstić information content (AvgIpc) is 2.68. The van der Waals surface area contributed by atoms with E-state index in [-0.39, 0.29) is 0 Å². The number of piperidine rings is 1. The molecule has 2 aromatic rings. The summed E-state index contributed by atoms with van der Waals surface area (Å²) in [6.07, 6.45) is 3.06. The molecule has 7 heteroatoms. The second-order valence-electron chi connectivity index (χ2n) is 6.48. The normalized spacial score (nSPS) is 15.8. The van der Waals surface area contributed by atoms with Crippen molar-refractivity contribution in [1.29, 1.82) is 0 Å². The number of halogens is 1. The molecule has 1 heterocycles. The molecule has 0 aliphatic carbocycles. The van der Waals surface area contributed by atoms with E-state index in [1.807, 2.05) is 18.2 Å². The highest BCUT2D eigenvalue weighted by Crippen LogP contribution is 2.27. The third-order valence-corrected chi connectivity index (χ3v) is 5.80. The molecule has 0 unspecified atom stereocenters. The van der Waals surface area contributed by atoms with E-state index in [0.717, 1.165) is 18.2 Å². The number of sulfonamides is 1. The standard InChI is InChI=1S/C20H21ClN2O3S/c21-19-8-6-16(7-9-19)12-15-27(25,26)22-20(24)23-13-10-18(11-14-23)17-4-2-1-3-5-17/h1-9,12,15,18H,10-11,13-14H2,(H,22,24)/b15-12+. The van der Waals surface area contributed by atoms with E-state index >= 15 is 0 Å². The van der Waals surface area contributed by atoms with E-state index in [2.05, 4.69) is 16.9 Å². The molecule has 1 saturated heterocycles. The molecule has 0 bridgehead atoms. The molecule has 5 nitrogen and oxygen atoms in total. The van der Waals surface area contributed by atoms with Gasteiger partial charge >= 0.3 is 6.03 Å². The van der Waals surface area contributed by atoms with Crippen LogP contribution in [-0.4, -0.2) is 32.4 Å². The van der Waals surface area contributed by atoms with Gasteiger partial charge in [0.1, 0.15) is 0 Å². The zero-order valence-corrected chi connectivity index (χ0v) is 16.3. The molecular weight excluding hydrogens is 384 g/mol. The zero-order chi connectivity index (χ0) is 19.3. The summed E-state index contributed by atoms with van der Waals surface area (Å²) >= 11 is 5.80. The molecule has 142 valence electrons. The largest absolute Gasteiger partial charge is 0.331 e. The number of amides is 2. The number of nitrogens with one attached hydrogen (secondary N) is 1. The summed E-state index contributed by atoms with van der Waals surface area (Å²) in [5, 5.41) is 1.56. The molecule has 0 radical (unpaired) electrons. The molecule has 0 spiro atoms. The average molecular weight is 405 g/mol. The van der Waals surface area contributed by atoms with Crippen LogP contribution in [0.5, 0.6) is 0 Å². The molecule has 1 aliphatic rings. The van der Waals surface area contributed by atoms with Gasteiger partial charge in [0.15, 0.2) is 0 Å². The van der Waals surface area contributed by atoms with Gasteiger partial charge in [-0.2, -0.15) is 0 Å². The van der Waals surface area contributed by atoms with Gasteiger partial charge in [-0.3, -0.25) is 0 Å². The van der Waals surface area contributed by atoms with Crippen molar-refractivity contribution in [1.82, 2.24) is 9.62 Å². The molecule has 1 fully saturated rings. The van der Waals surface area contributed by atoms with Gasteiger partial charge in [-0.1, -0.05) is 54.1 Å². The Kier molecular flexibility index (Phi) is 6.19. The van der Waals surface area contributed by atoms with Gasteiger partial charge in [0.25, 0.3) is 10.0 Å². The Hall–Kier alpha value is -2.31. The summed E-state index contributed by atoms with van der Waals surface area (Å²) in [6.45, 7) is 1.06. The number of hydrogen-bond donors (Lipinski definition) is 1. The first kappa shape index (κ1) is 19.5. The Morgan fingerprint density at radius 2 is 1.67 bits per heavy atom. The Labute approximate surface area is 164 Å². The van der Waals surface area contributed by atoms with Crippen LogP contribution < -0.4 is 4.72 Å². The predicted octanol–water partition coefficient (Wildman–Crippen LogP) is 4.23. The van der Waals surface area contributed by atoms with E-state index in [4.69, 9.17) is 11.6 Å². The maximum Gasteiger partial charge on any atom is 0.331 e. The lowest BCUT2D eigenvalue weighted by Gasteiger charge is -2.32. The number of rotatable bonds is 4. The van der Waals surface area contributed by atoms with Crippen molar-refractivity contribution in [3.05, 3.63) is 76.2 Å². The van der Waals surface area contributed by atoms with Crippen molar-refractivity contribution in [2.45, 2.75) is 18.8 Å². The highest BCUT2D eigenvalue weighted by atomic mass is 35.5. The van der Waals surface area contributed by atoms with Crippen LogP contribution in [0.4, 0.5) is 4.79 Å². The van der Waals surface area contributed by atoms with E-state index in [9.17, 15) is 13.2 Å². The lowest BCUT2D eigenvalue weighted by Crippen LogP contribution is -2.45. The summed E-state index contributed by atoms with van der Waals surface area (Å²) in [5.74, 6) is 0.400. The quantitative estimate of drug-likeness (QED) is 0.829. The maximum absolute atomic E-state index is 12.3. The van der Waals surface area contributed by atoms with Gasteiger partial charge in [0, 0.05) is 18.1 Å². The Morgan fingerprint density at radius 3 is 2.30 bits per heavy atom. The zero-order valence-electron chi connectivity index (χ0n) is 14.7. The van der Waals surface area contributed by atoms with E-state index in [0.29, 0.717) is 29.6 Å². The second kappa shape index (κ2) is 8.59. The van der Waals surface area contributed by atoms with Gasteiger partial charge in [-0.25, -0.2) is 17.9 Å². The Balaban J connectivity index is 1.54. The van der Waals surface area contributed by atoms with Crippen LogP contribution in [0.3, 0.4) is 0 Å². The number of nitrogens with zero attached hydrogens (tertiary/aromatic N) is 1. The molecule has 3 rings (SSSR count). The molecule has 0 atom stereocenters. The Bertz CT molecular complexity index is 904. The minimum absolute atomic E-state index is 0.400. The van der Waals surface area contributed by atoms with Crippen molar-refractivity contribution >= 4 is 33.7 Å². The second-order valence-corrected chi connectivity index (χ2v) is 8.48. The fourth-order valence-electron chi connectivity index (χ4n) is 3.10. The van der Waals surface area contributed by atoms with E-state index < -0.39 is 16.1 Å². The summed E-state index contributed by atoms with van der Waals surface area (Å²) in [7, 11) is -3.86. The van der Waals surface area contributed by atoms with Crippen molar-refractivity contribution in [3.63, 3.8) is 0 Å². The van der Waals surface area contributed by atoms with Crippen LogP contribution in [0.15, 0.2) is 60.0 Å².